The molecular weight excluding hydrogens is 370 g/mol. The number of aromatic nitrogens is 2. The minimum Gasteiger partial charge on any atom is -0.383 e. The fourth-order valence-corrected chi connectivity index (χ4v) is 3.49. The van der Waals surface area contributed by atoms with Gasteiger partial charge in [0.05, 0.1) is 36.3 Å². The van der Waals surface area contributed by atoms with E-state index in [0.29, 0.717) is 51.4 Å². The molecule has 0 radical (unpaired) electrons. The van der Waals surface area contributed by atoms with E-state index in [1.54, 1.807) is 13.3 Å². The third kappa shape index (κ3) is 5.02. The van der Waals surface area contributed by atoms with Gasteiger partial charge in [0.25, 0.3) is 5.91 Å². The molecule has 2 aromatic rings. The number of para-hydroxylation sites is 1. The monoisotopic (exact) mass is 399 g/mol. The molecule has 0 unspecified atom stereocenters. The molecule has 1 aromatic carbocycles. The highest BCUT2D eigenvalue weighted by atomic mass is 16.5. The summed E-state index contributed by atoms with van der Waals surface area (Å²) < 4.78 is 6.75. The van der Waals surface area contributed by atoms with Gasteiger partial charge >= 0.3 is 0 Å². The number of ether oxygens (including phenoxy) is 1. The standard InChI is InChI=1S/C21H29N5O3/c1-16-6-4-5-7-19(16)26-17(2)18(14-23-26)21(28)25-11-9-24(10-12-25)15-20(27)22-8-13-29-3/h4-7,14H,8-13,15H2,1-3H3,(H,22,27). The van der Waals surface area contributed by atoms with Gasteiger partial charge in [0.1, 0.15) is 0 Å². The number of methoxy groups -OCH3 is 1. The number of carbonyl (C=O) groups excluding carboxylic acids is 2. The summed E-state index contributed by atoms with van der Waals surface area (Å²) in [6.45, 7) is 7.86. The maximum absolute atomic E-state index is 13.0. The van der Waals surface area contributed by atoms with Crippen LogP contribution in [0, 0.1) is 13.8 Å². The van der Waals surface area contributed by atoms with Crippen LogP contribution in [0.5, 0.6) is 0 Å². The first-order valence-corrected chi connectivity index (χ1v) is 9.89. The summed E-state index contributed by atoms with van der Waals surface area (Å²) in [4.78, 5) is 28.9. The summed E-state index contributed by atoms with van der Waals surface area (Å²) in [6, 6.07) is 7.99. The first kappa shape index (κ1) is 21.0. The predicted molar refractivity (Wildman–Crippen MR) is 110 cm³/mol. The van der Waals surface area contributed by atoms with E-state index in [-0.39, 0.29) is 11.8 Å². The second-order valence-electron chi connectivity index (χ2n) is 7.25. The Kier molecular flexibility index (Phi) is 7.00. The number of rotatable bonds is 7. The molecule has 0 atom stereocenters. The summed E-state index contributed by atoms with van der Waals surface area (Å²) in [5, 5.41) is 7.27. The lowest BCUT2D eigenvalue weighted by atomic mass is 10.1. The van der Waals surface area contributed by atoms with Crippen LogP contribution in [0.1, 0.15) is 21.6 Å². The maximum atomic E-state index is 13.0. The van der Waals surface area contributed by atoms with Crippen molar-refractivity contribution in [3.63, 3.8) is 0 Å². The molecular formula is C21H29N5O3. The predicted octanol–water partition coefficient (Wildman–Crippen LogP) is 1.01. The number of piperazine rings is 1. The molecule has 3 rings (SSSR count). The van der Waals surface area contributed by atoms with Crippen LogP contribution < -0.4 is 5.32 Å². The van der Waals surface area contributed by atoms with Gasteiger partial charge in [-0.25, -0.2) is 4.68 Å². The number of carbonyl (C=O) groups is 2. The van der Waals surface area contributed by atoms with E-state index < -0.39 is 0 Å². The van der Waals surface area contributed by atoms with Crippen molar-refractivity contribution in [2.45, 2.75) is 13.8 Å². The van der Waals surface area contributed by atoms with Crippen LogP contribution in [-0.2, 0) is 9.53 Å². The molecule has 1 N–H and O–H groups in total. The summed E-state index contributed by atoms with van der Waals surface area (Å²) in [6.07, 6.45) is 1.65. The topological polar surface area (TPSA) is 79.7 Å². The van der Waals surface area contributed by atoms with Crippen LogP contribution in [-0.4, -0.2) is 84.4 Å². The fraction of sp³-hybridized carbons (Fsp3) is 0.476. The second kappa shape index (κ2) is 9.67. The third-order valence-electron chi connectivity index (χ3n) is 5.24. The van der Waals surface area contributed by atoms with E-state index in [0.717, 1.165) is 16.9 Å². The molecule has 1 saturated heterocycles. The Morgan fingerprint density at radius 1 is 1.14 bits per heavy atom. The van der Waals surface area contributed by atoms with E-state index >= 15 is 0 Å². The van der Waals surface area contributed by atoms with Crippen LogP contribution in [0.25, 0.3) is 5.69 Å². The molecule has 8 nitrogen and oxygen atoms in total. The molecule has 0 aliphatic carbocycles. The van der Waals surface area contributed by atoms with Crippen molar-refractivity contribution >= 4 is 11.8 Å². The Morgan fingerprint density at radius 3 is 2.55 bits per heavy atom. The molecule has 1 fully saturated rings. The molecule has 29 heavy (non-hydrogen) atoms. The van der Waals surface area contributed by atoms with Crippen LogP contribution in [0.2, 0.25) is 0 Å². The minimum atomic E-state index is -0.0165. The van der Waals surface area contributed by atoms with E-state index in [2.05, 4.69) is 15.3 Å². The van der Waals surface area contributed by atoms with Gasteiger partial charge in [-0.1, -0.05) is 18.2 Å². The lowest BCUT2D eigenvalue weighted by molar-refractivity contribution is -0.122. The van der Waals surface area contributed by atoms with E-state index in [1.165, 1.54) is 0 Å². The average Bonchev–Trinajstić information content (AvgIpc) is 3.10. The van der Waals surface area contributed by atoms with Crippen LogP contribution >= 0.6 is 0 Å². The van der Waals surface area contributed by atoms with Gasteiger partial charge in [-0.15, -0.1) is 0 Å². The molecule has 2 heterocycles. The number of hydrogen-bond acceptors (Lipinski definition) is 5. The number of nitrogens with zero attached hydrogens (tertiary/aromatic N) is 4. The van der Waals surface area contributed by atoms with Crippen LogP contribution in [0.3, 0.4) is 0 Å². The Hall–Kier alpha value is -2.71. The van der Waals surface area contributed by atoms with Gasteiger partial charge in [-0.3, -0.25) is 14.5 Å². The van der Waals surface area contributed by atoms with Crippen molar-refractivity contribution < 1.29 is 14.3 Å². The SMILES string of the molecule is COCCNC(=O)CN1CCN(C(=O)c2cnn(-c3ccccc3C)c2C)CC1. The molecule has 1 aromatic heterocycles. The van der Waals surface area contributed by atoms with Crippen molar-refractivity contribution in [1.82, 2.24) is 24.9 Å². The summed E-state index contributed by atoms with van der Waals surface area (Å²) in [5.74, 6) is -0.0243. The molecule has 2 amide bonds. The first-order chi connectivity index (χ1) is 14.0. The smallest absolute Gasteiger partial charge is 0.257 e. The Labute approximate surface area is 171 Å². The average molecular weight is 399 g/mol. The van der Waals surface area contributed by atoms with Gasteiger partial charge in [0.15, 0.2) is 0 Å². The summed E-state index contributed by atoms with van der Waals surface area (Å²) >= 11 is 0. The van der Waals surface area contributed by atoms with Crippen molar-refractivity contribution in [2.24, 2.45) is 0 Å². The molecule has 1 aliphatic heterocycles. The Balaban J connectivity index is 1.58. The quantitative estimate of drug-likeness (QED) is 0.703. The van der Waals surface area contributed by atoms with E-state index in [4.69, 9.17) is 4.74 Å². The molecule has 1 aliphatic rings. The highest BCUT2D eigenvalue weighted by Crippen LogP contribution is 2.19. The third-order valence-corrected chi connectivity index (χ3v) is 5.24. The van der Waals surface area contributed by atoms with Gasteiger partial charge < -0.3 is 15.0 Å². The van der Waals surface area contributed by atoms with Crippen molar-refractivity contribution in [2.75, 3.05) is 53.0 Å². The van der Waals surface area contributed by atoms with Gasteiger partial charge in [0.2, 0.25) is 5.91 Å². The second-order valence-corrected chi connectivity index (χ2v) is 7.25. The molecule has 8 heteroatoms. The number of amides is 2. The summed E-state index contributed by atoms with van der Waals surface area (Å²) in [7, 11) is 1.61. The van der Waals surface area contributed by atoms with Gasteiger partial charge in [-0.2, -0.15) is 5.10 Å². The Morgan fingerprint density at radius 2 is 1.86 bits per heavy atom. The zero-order valence-electron chi connectivity index (χ0n) is 17.4. The number of aryl methyl sites for hydroxylation is 1. The number of benzene rings is 1. The fourth-order valence-electron chi connectivity index (χ4n) is 3.49. The number of nitrogens with one attached hydrogen (secondary N) is 1. The molecule has 0 saturated carbocycles. The largest absolute Gasteiger partial charge is 0.383 e. The lowest BCUT2D eigenvalue weighted by Gasteiger charge is -2.34. The molecule has 0 bridgehead atoms. The summed E-state index contributed by atoms with van der Waals surface area (Å²) in [5.41, 5.74) is 3.55. The van der Waals surface area contributed by atoms with Gasteiger partial charge in [-0.05, 0) is 25.5 Å². The minimum absolute atomic E-state index is 0.00784. The number of hydrogen-bond donors (Lipinski definition) is 1. The van der Waals surface area contributed by atoms with Crippen molar-refractivity contribution in [3.05, 3.63) is 47.3 Å². The lowest BCUT2D eigenvalue weighted by Crippen LogP contribution is -2.51. The Bertz CT molecular complexity index is 856. The zero-order valence-corrected chi connectivity index (χ0v) is 17.4. The van der Waals surface area contributed by atoms with Crippen molar-refractivity contribution in [1.29, 1.82) is 0 Å². The highest BCUT2D eigenvalue weighted by Gasteiger charge is 2.26. The maximum Gasteiger partial charge on any atom is 0.257 e. The highest BCUT2D eigenvalue weighted by molar-refractivity contribution is 5.95. The van der Waals surface area contributed by atoms with Crippen molar-refractivity contribution in [3.8, 4) is 5.69 Å². The van der Waals surface area contributed by atoms with E-state index in [1.807, 2.05) is 47.7 Å². The van der Waals surface area contributed by atoms with Crippen LogP contribution in [0.15, 0.2) is 30.5 Å². The van der Waals surface area contributed by atoms with E-state index in [9.17, 15) is 9.59 Å². The van der Waals surface area contributed by atoms with Crippen LogP contribution in [0.4, 0.5) is 0 Å². The zero-order chi connectivity index (χ0) is 20.8. The molecule has 156 valence electrons. The first-order valence-electron chi connectivity index (χ1n) is 9.89. The van der Waals surface area contributed by atoms with Gasteiger partial charge in [0, 0.05) is 39.8 Å². The molecule has 0 spiro atoms. The normalized spacial score (nSPS) is 14.8.